The molecule has 1 aromatic carbocycles. The number of anilines is 1. The molecule has 3 aromatic rings. The van der Waals surface area contributed by atoms with Gasteiger partial charge in [-0.05, 0) is 74.8 Å². The Hall–Kier alpha value is -2.90. The SMILES string of the molecule is CN(C)CCN1C(=S)N[C@H](c2ccccn2)[C@H]1c1cccn1-c1ccc(N(C)C)cc1. The Bertz CT molecular complexity index is 1010. The lowest BCUT2D eigenvalue weighted by Gasteiger charge is -2.30. The second-order valence-electron chi connectivity index (χ2n) is 8.34. The Kier molecular flexibility index (Phi) is 6.25. The molecule has 31 heavy (non-hydrogen) atoms. The fourth-order valence-corrected chi connectivity index (χ4v) is 4.39. The fourth-order valence-electron chi connectivity index (χ4n) is 4.06. The number of hydrogen-bond donors (Lipinski definition) is 1. The molecule has 0 aliphatic carbocycles. The van der Waals surface area contributed by atoms with E-state index in [1.165, 1.54) is 11.4 Å². The molecule has 0 bridgehead atoms. The number of pyridine rings is 1. The molecule has 1 aliphatic heterocycles. The zero-order valence-corrected chi connectivity index (χ0v) is 19.4. The predicted molar refractivity (Wildman–Crippen MR) is 131 cm³/mol. The van der Waals surface area contributed by atoms with E-state index in [1.54, 1.807) is 0 Å². The summed E-state index contributed by atoms with van der Waals surface area (Å²) in [6, 6.07) is 19.0. The van der Waals surface area contributed by atoms with E-state index in [-0.39, 0.29) is 12.1 Å². The number of benzene rings is 1. The number of hydrogen-bond acceptors (Lipinski definition) is 4. The summed E-state index contributed by atoms with van der Waals surface area (Å²) in [6.07, 6.45) is 3.97. The second kappa shape index (κ2) is 9.08. The van der Waals surface area contributed by atoms with Gasteiger partial charge in [0.25, 0.3) is 0 Å². The molecule has 162 valence electrons. The van der Waals surface area contributed by atoms with Crippen LogP contribution >= 0.6 is 12.2 Å². The minimum atomic E-state index is -0.00874. The van der Waals surface area contributed by atoms with Crippen molar-refractivity contribution in [1.82, 2.24) is 24.7 Å². The highest BCUT2D eigenvalue weighted by Gasteiger charge is 2.41. The average molecular weight is 435 g/mol. The van der Waals surface area contributed by atoms with E-state index in [4.69, 9.17) is 12.2 Å². The van der Waals surface area contributed by atoms with Crippen LogP contribution in [0.4, 0.5) is 5.69 Å². The molecule has 1 saturated heterocycles. The number of aromatic nitrogens is 2. The Labute approximate surface area is 190 Å². The highest BCUT2D eigenvalue weighted by molar-refractivity contribution is 7.80. The van der Waals surface area contributed by atoms with Gasteiger partial charge in [0, 0.05) is 56.6 Å². The third-order valence-electron chi connectivity index (χ3n) is 5.71. The Morgan fingerprint density at radius 3 is 2.42 bits per heavy atom. The number of nitrogens with zero attached hydrogens (tertiary/aromatic N) is 5. The van der Waals surface area contributed by atoms with Crippen LogP contribution in [0.2, 0.25) is 0 Å². The Balaban J connectivity index is 1.74. The first-order valence-corrected chi connectivity index (χ1v) is 10.9. The number of nitrogens with one attached hydrogen (secondary N) is 1. The monoisotopic (exact) mass is 434 g/mol. The van der Waals surface area contributed by atoms with E-state index in [9.17, 15) is 0 Å². The van der Waals surface area contributed by atoms with Crippen molar-refractivity contribution >= 4 is 23.0 Å². The van der Waals surface area contributed by atoms with E-state index in [0.29, 0.717) is 0 Å². The van der Waals surface area contributed by atoms with E-state index in [0.717, 1.165) is 29.6 Å². The lowest BCUT2D eigenvalue weighted by atomic mass is 10.0. The first kappa shape index (κ1) is 21.3. The molecule has 1 aliphatic rings. The molecule has 7 heteroatoms. The van der Waals surface area contributed by atoms with Crippen molar-refractivity contribution in [2.45, 2.75) is 12.1 Å². The molecule has 2 atom stereocenters. The largest absolute Gasteiger partial charge is 0.378 e. The Morgan fingerprint density at radius 1 is 1.00 bits per heavy atom. The number of rotatable bonds is 7. The molecule has 0 saturated carbocycles. The van der Waals surface area contributed by atoms with Crippen LogP contribution in [-0.4, -0.2) is 65.7 Å². The van der Waals surface area contributed by atoms with E-state index >= 15 is 0 Å². The van der Waals surface area contributed by atoms with E-state index in [1.807, 2.05) is 18.3 Å². The zero-order chi connectivity index (χ0) is 22.0. The lowest BCUT2D eigenvalue weighted by Crippen LogP contribution is -2.36. The van der Waals surface area contributed by atoms with Crippen molar-refractivity contribution in [3.8, 4) is 5.69 Å². The van der Waals surface area contributed by atoms with E-state index < -0.39 is 0 Å². The first-order valence-electron chi connectivity index (χ1n) is 10.5. The molecule has 1 fully saturated rings. The molecule has 0 spiro atoms. The third-order valence-corrected chi connectivity index (χ3v) is 6.07. The van der Waals surface area contributed by atoms with Gasteiger partial charge < -0.3 is 24.6 Å². The lowest BCUT2D eigenvalue weighted by molar-refractivity contribution is 0.272. The summed E-state index contributed by atoms with van der Waals surface area (Å²) in [5.41, 5.74) is 4.51. The zero-order valence-electron chi connectivity index (χ0n) is 18.6. The maximum Gasteiger partial charge on any atom is 0.170 e. The van der Waals surface area contributed by atoms with Gasteiger partial charge in [-0.3, -0.25) is 4.98 Å². The summed E-state index contributed by atoms with van der Waals surface area (Å²) < 4.78 is 2.26. The molecule has 2 aromatic heterocycles. The summed E-state index contributed by atoms with van der Waals surface area (Å²) in [4.78, 5) is 11.2. The molecule has 6 nitrogen and oxygen atoms in total. The molecule has 1 N–H and O–H groups in total. The smallest absolute Gasteiger partial charge is 0.170 e. The van der Waals surface area contributed by atoms with Crippen molar-refractivity contribution in [3.63, 3.8) is 0 Å². The highest BCUT2D eigenvalue weighted by Crippen LogP contribution is 2.39. The minimum absolute atomic E-state index is 0.00874. The third kappa shape index (κ3) is 4.43. The summed E-state index contributed by atoms with van der Waals surface area (Å²) >= 11 is 5.78. The standard InChI is InChI=1S/C24H30N6S/c1-27(2)16-17-30-23(22(26-24(30)31)20-8-5-6-14-25-20)21-9-7-15-29(21)19-12-10-18(11-13-19)28(3)4/h5-15,22-23H,16-17H2,1-4H3,(H,26,31)/t22-,23-/m1/s1. The number of likely N-dealkylation sites (N-methyl/N-ethyl adjacent to an activating group) is 1. The van der Waals surface area contributed by atoms with Gasteiger partial charge in [-0.25, -0.2) is 0 Å². The van der Waals surface area contributed by atoms with Crippen LogP contribution in [0, 0.1) is 0 Å². The summed E-state index contributed by atoms with van der Waals surface area (Å²) in [7, 11) is 8.29. The molecule has 0 amide bonds. The fraction of sp³-hybridized carbons (Fsp3) is 0.333. The second-order valence-corrected chi connectivity index (χ2v) is 8.72. The maximum absolute atomic E-state index is 5.78. The van der Waals surface area contributed by atoms with Crippen LogP contribution in [0.1, 0.15) is 23.5 Å². The van der Waals surface area contributed by atoms with Gasteiger partial charge in [0.1, 0.15) is 0 Å². The van der Waals surface area contributed by atoms with Gasteiger partial charge in [-0.1, -0.05) is 6.07 Å². The average Bonchev–Trinajstić information content (AvgIpc) is 3.37. The Morgan fingerprint density at radius 2 is 1.77 bits per heavy atom. The summed E-state index contributed by atoms with van der Waals surface area (Å²) in [5.74, 6) is 0. The van der Waals surface area contributed by atoms with E-state index in [2.05, 4.69) is 106 Å². The molecule has 4 rings (SSSR count). The van der Waals surface area contributed by atoms with Crippen LogP contribution in [0.5, 0.6) is 0 Å². The molecule has 3 heterocycles. The van der Waals surface area contributed by atoms with Gasteiger partial charge in [-0.2, -0.15) is 0 Å². The molecule has 0 radical (unpaired) electrons. The van der Waals surface area contributed by atoms with Crippen LogP contribution in [0.3, 0.4) is 0 Å². The first-order chi connectivity index (χ1) is 15.0. The van der Waals surface area contributed by atoms with Gasteiger partial charge in [-0.15, -0.1) is 0 Å². The van der Waals surface area contributed by atoms with Crippen LogP contribution < -0.4 is 10.2 Å². The van der Waals surface area contributed by atoms with Gasteiger partial charge in [0.05, 0.1) is 17.8 Å². The molecular weight excluding hydrogens is 404 g/mol. The van der Waals surface area contributed by atoms with Crippen LogP contribution in [-0.2, 0) is 0 Å². The highest BCUT2D eigenvalue weighted by atomic mass is 32.1. The topological polar surface area (TPSA) is 39.6 Å². The molecular formula is C24H30N6S. The normalized spacial score (nSPS) is 18.5. The van der Waals surface area contributed by atoms with Crippen molar-refractivity contribution in [1.29, 1.82) is 0 Å². The summed E-state index contributed by atoms with van der Waals surface area (Å²) in [6.45, 7) is 1.77. The summed E-state index contributed by atoms with van der Waals surface area (Å²) in [5, 5.41) is 4.32. The van der Waals surface area contributed by atoms with Gasteiger partial charge in [0.15, 0.2) is 5.11 Å². The van der Waals surface area contributed by atoms with Gasteiger partial charge >= 0.3 is 0 Å². The van der Waals surface area contributed by atoms with Crippen molar-refractivity contribution in [2.75, 3.05) is 46.2 Å². The van der Waals surface area contributed by atoms with Crippen molar-refractivity contribution in [2.24, 2.45) is 0 Å². The van der Waals surface area contributed by atoms with Crippen LogP contribution in [0.25, 0.3) is 5.69 Å². The minimum Gasteiger partial charge on any atom is -0.378 e. The maximum atomic E-state index is 5.78. The van der Waals surface area contributed by atoms with Gasteiger partial charge in [0.2, 0.25) is 0 Å². The quantitative estimate of drug-likeness (QED) is 0.574. The van der Waals surface area contributed by atoms with Crippen molar-refractivity contribution in [3.05, 3.63) is 78.4 Å². The molecule has 0 unspecified atom stereocenters. The van der Waals surface area contributed by atoms with Crippen LogP contribution in [0.15, 0.2) is 67.0 Å². The predicted octanol–water partition coefficient (Wildman–Crippen LogP) is 3.47. The number of thiocarbonyl (C=S) groups is 1. The van der Waals surface area contributed by atoms with Crippen molar-refractivity contribution < 1.29 is 0 Å².